The number of carbonyl (C=O) groups excluding carboxylic acids is 2. The highest BCUT2D eigenvalue weighted by molar-refractivity contribution is 5.98. The van der Waals surface area contributed by atoms with Gasteiger partial charge in [-0.25, -0.2) is 8.78 Å². The highest BCUT2D eigenvalue weighted by Gasteiger charge is 2.39. The number of carbonyl (C=O) groups is 2. The van der Waals surface area contributed by atoms with E-state index >= 15 is 0 Å². The monoisotopic (exact) mass is 282 g/mol. The van der Waals surface area contributed by atoms with E-state index in [1.807, 2.05) is 0 Å². The summed E-state index contributed by atoms with van der Waals surface area (Å²) in [6.07, 6.45) is 0.537. The van der Waals surface area contributed by atoms with Crippen LogP contribution in [0, 0.1) is 17.0 Å². The van der Waals surface area contributed by atoms with E-state index in [9.17, 15) is 18.4 Å². The van der Waals surface area contributed by atoms with Gasteiger partial charge in [0.2, 0.25) is 5.91 Å². The number of amides is 1. The van der Waals surface area contributed by atoms with E-state index in [0.29, 0.717) is 19.5 Å². The van der Waals surface area contributed by atoms with Crippen LogP contribution in [0.15, 0.2) is 18.2 Å². The summed E-state index contributed by atoms with van der Waals surface area (Å²) in [6.45, 7) is 2.43. The van der Waals surface area contributed by atoms with Crippen molar-refractivity contribution < 1.29 is 18.4 Å². The largest absolute Gasteiger partial charge is 0.369 e. The number of halogens is 2. The minimum absolute atomic E-state index is 0.124. The molecule has 108 valence electrons. The summed E-state index contributed by atoms with van der Waals surface area (Å²) < 4.78 is 27.0. The molecule has 1 amide bonds. The Morgan fingerprint density at radius 2 is 1.95 bits per heavy atom. The zero-order valence-corrected chi connectivity index (χ0v) is 11.2. The number of ketones is 1. The van der Waals surface area contributed by atoms with Crippen molar-refractivity contribution in [2.75, 3.05) is 19.6 Å². The minimum atomic E-state index is -0.869. The van der Waals surface area contributed by atoms with Crippen LogP contribution in [0.1, 0.15) is 23.7 Å². The van der Waals surface area contributed by atoms with Crippen LogP contribution in [-0.2, 0) is 4.79 Å². The van der Waals surface area contributed by atoms with Crippen molar-refractivity contribution in [2.45, 2.75) is 13.3 Å². The normalized spacial score (nSPS) is 22.9. The van der Waals surface area contributed by atoms with Gasteiger partial charge in [0.25, 0.3) is 0 Å². The van der Waals surface area contributed by atoms with Crippen molar-refractivity contribution >= 4 is 11.7 Å². The van der Waals surface area contributed by atoms with Gasteiger partial charge in [0.15, 0.2) is 5.78 Å². The fourth-order valence-corrected chi connectivity index (χ4v) is 2.44. The van der Waals surface area contributed by atoms with Crippen LogP contribution >= 0.6 is 0 Å². The third-order valence-electron chi connectivity index (χ3n) is 3.76. The molecule has 1 heterocycles. The standard InChI is InChI=1S/C14H16F2N2O2/c1-14(13(17)20)5-6-18(8-14)7-11(19)12-9(15)3-2-4-10(12)16/h2-4H,5-8H2,1H3,(H2,17,20). The number of rotatable bonds is 4. The zero-order chi connectivity index (χ0) is 14.9. The van der Waals surface area contributed by atoms with E-state index in [2.05, 4.69) is 0 Å². The van der Waals surface area contributed by atoms with Gasteiger partial charge in [0, 0.05) is 6.54 Å². The van der Waals surface area contributed by atoms with Crippen LogP contribution in [0.5, 0.6) is 0 Å². The summed E-state index contributed by atoms with van der Waals surface area (Å²) in [7, 11) is 0. The Bertz CT molecular complexity index is 542. The lowest BCUT2D eigenvalue weighted by molar-refractivity contribution is -0.126. The average molecular weight is 282 g/mol. The fraction of sp³-hybridized carbons (Fsp3) is 0.429. The van der Waals surface area contributed by atoms with Gasteiger partial charge in [0.1, 0.15) is 11.6 Å². The van der Waals surface area contributed by atoms with Crippen molar-refractivity contribution in [1.29, 1.82) is 0 Å². The van der Waals surface area contributed by atoms with E-state index in [1.165, 1.54) is 6.07 Å². The molecule has 0 bridgehead atoms. The van der Waals surface area contributed by atoms with Crippen LogP contribution in [0.4, 0.5) is 8.78 Å². The molecule has 20 heavy (non-hydrogen) atoms. The number of nitrogens with two attached hydrogens (primary N) is 1. The molecular weight excluding hydrogens is 266 g/mol. The van der Waals surface area contributed by atoms with Crippen LogP contribution in [0.25, 0.3) is 0 Å². The number of primary amides is 1. The molecule has 1 fully saturated rings. The molecule has 1 unspecified atom stereocenters. The molecular formula is C14H16F2N2O2. The van der Waals surface area contributed by atoms with Crippen molar-refractivity contribution in [2.24, 2.45) is 11.1 Å². The molecule has 4 nitrogen and oxygen atoms in total. The Morgan fingerprint density at radius 1 is 1.35 bits per heavy atom. The molecule has 1 saturated heterocycles. The summed E-state index contributed by atoms with van der Waals surface area (Å²) >= 11 is 0. The highest BCUT2D eigenvalue weighted by Crippen LogP contribution is 2.29. The minimum Gasteiger partial charge on any atom is -0.369 e. The third kappa shape index (κ3) is 2.70. The Hall–Kier alpha value is -1.82. The second-order valence-corrected chi connectivity index (χ2v) is 5.41. The molecule has 0 spiro atoms. The number of hydrogen-bond acceptors (Lipinski definition) is 3. The Labute approximate surface area is 115 Å². The lowest BCUT2D eigenvalue weighted by Gasteiger charge is -2.20. The molecule has 2 N–H and O–H groups in total. The molecule has 1 aromatic rings. The molecule has 0 saturated carbocycles. The SMILES string of the molecule is CC1(C(N)=O)CCN(CC(=O)c2c(F)cccc2F)C1. The van der Waals surface area contributed by atoms with Gasteiger partial charge >= 0.3 is 0 Å². The molecule has 2 rings (SSSR count). The summed E-state index contributed by atoms with van der Waals surface area (Å²) in [6, 6.07) is 3.31. The zero-order valence-electron chi connectivity index (χ0n) is 11.2. The molecule has 1 aliphatic rings. The number of hydrogen-bond donors (Lipinski definition) is 1. The summed E-state index contributed by atoms with van der Waals surface area (Å²) in [5.74, 6) is -2.79. The lowest BCUT2D eigenvalue weighted by Crippen LogP contribution is -2.38. The second kappa shape index (κ2) is 5.28. The van der Waals surface area contributed by atoms with Gasteiger partial charge in [-0.15, -0.1) is 0 Å². The topological polar surface area (TPSA) is 63.4 Å². The number of nitrogens with zero attached hydrogens (tertiary/aromatic N) is 1. The predicted octanol–water partition coefficient (Wildman–Crippen LogP) is 1.34. The van der Waals surface area contributed by atoms with Gasteiger partial charge in [-0.1, -0.05) is 6.07 Å². The first-order chi connectivity index (χ1) is 9.33. The molecule has 1 atom stereocenters. The average Bonchev–Trinajstić information content (AvgIpc) is 2.72. The van der Waals surface area contributed by atoms with E-state index in [4.69, 9.17) is 5.73 Å². The van der Waals surface area contributed by atoms with Gasteiger partial charge < -0.3 is 5.73 Å². The fourth-order valence-electron chi connectivity index (χ4n) is 2.44. The maximum absolute atomic E-state index is 13.5. The smallest absolute Gasteiger partial charge is 0.224 e. The quantitative estimate of drug-likeness (QED) is 0.848. The Balaban J connectivity index is 2.09. The first-order valence-electron chi connectivity index (χ1n) is 6.33. The second-order valence-electron chi connectivity index (χ2n) is 5.41. The summed E-state index contributed by atoms with van der Waals surface area (Å²) in [5, 5.41) is 0. The van der Waals surface area contributed by atoms with Crippen LogP contribution < -0.4 is 5.73 Å². The van der Waals surface area contributed by atoms with Crippen molar-refractivity contribution in [1.82, 2.24) is 4.90 Å². The molecule has 6 heteroatoms. The van der Waals surface area contributed by atoms with Gasteiger partial charge in [-0.3, -0.25) is 14.5 Å². The summed E-state index contributed by atoms with van der Waals surface area (Å²) in [4.78, 5) is 25.0. The van der Waals surface area contributed by atoms with Gasteiger partial charge in [0.05, 0.1) is 17.5 Å². The van der Waals surface area contributed by atoms with Crippen LogP contribution in [-0.4, -0.2) is 36.2 Å². The van der Waals surface area contributed by atoms with E-state index in [0.717, 1.165) is 12.1 Å². The maximum Gasteiger partial charge on any atom is 0.224 e. The maximum atomic E-state index is 13.5. The third-order valence-corrected chi connectivity index (χ3v) is 3.76. The number of likely N-dealkylation sites (tertiary alicyclic amines) is 1. The van der Waals surface area contributed by atoms with Gasteiger partial charge in [-0.2, -0.15) is 0 Å². The van der Waals surface area contributed by atoms with E-state index in [-0.39, 0.29) is 6.54 Å². The van der Waals surface area contributed by atoms with Crippen LogP contribution in [0.2, 0.25) is 0 Å². The number of benzene rings is 1. The lowest BCUT2D eigenvalue weighted by atomic mass is 9.89. The summed E-state index contributed by atoms with van der Waals surface area (Å²) in [5.41, 5.74) is 4.10. The van der Waals surface area contributed by atoms with Gasteiger partial charge in [-0.05, 0) is 32.0 Å². The van der Waals surface area contributed by atoms with Crippen molar-refractivity contribution in [3.8, 4) is 0 Å². The van der Waals surface area contributed by atoms with Crippen LogP contribution in [0.3, 0.4) is 0 Å². The predicted molar refractivity (Wildman–Crippen MR) is 69.0 cm³/mol. The number of Topliss-reactive ketones (excluding diaryl/α,β-unsaturated/α-hetero) is 1. The highest BCUT2D eigenvalue weighted by atomic mass is 19.1. The first-order valence-corrected chi connectivity index (χ1v) is 6.33. The van der Waals surface area contributed by atoms with E-state index in [1.54, 1.807) is 11.8 Å². The van der Waals surface area contributed by atoms with E-state index < -0.39 is 34.3 Å². The molecule has 0 radical (unpaired) electrons. The van der Waals surface area contributed by atoms with Crippen molar-refractivity contribution in [3.05, 3.63) is 35.4 Å². The Kier molecular flexibility index (Phi) is 3.85. The van der Waals surface area contributed by atoms with Crippen molar-refractivity contribution in [3.63, 3.8) is 0 Å². The molecule has 0 aliphatic carbocycles. The first kappa shape index (κ1) is 14.6. The Morgan fingerprint density at radius 3 is 2.45 bits per heavy atom. The molecule has 1 aliphatic heterocycles. The molecule has 0 aromatic heterocycles. The molecule has 1 aromatic carbocycles.